The molecule has 4 heteroatoms. The first-order valence-electron chi connectivity index (χ1n) is 7.33. The average molecular weight is 283 g/mol. The van der Waals surface area contributed by atoms with Crippen molar-refractivity contribution in [3.05, 3.63) is 54.4 Å². The molecule has 0 aliphatic carbocycles. The van der Waals surface area contributed by atoms with E-state index in [-0.39, 0.29) is 5.91 Å². The highest BCUT2D eigenvalue weighted by Crippen LogP contribution is 2.24. The molecule has 0 bridgehead atoms. The molecule has 2 rings (SSSR count). The lowest BCUT2D eigenvalue weighted by Gasteiger charge is -2.23. The summed E-state index contributed by atoms with van der Waals surface area (Å²) in [5.74, 6) is -0.122. The van der Waals surface area contributed by atoms with Gasteiger partial charge in [0.05, 0.1) is 0 Å². The molecule has 0 atom stereocenters. The Balaban J connectivity index is 2.25. The molecule has 0 radical (unpaired) electrons. The molecule has 0 saturated carbocycles. The van der Waals surface area contributed by atoms with Gasteiger partial charge >= 0.3 is 0 Å². The van der Waals surface area contributed by atoms with Gasteiger partial charge in [-0.2, -0.15) is 0 Å². The molecule has 1 heterocycles. The van der Waals surface area contributed by atoms with E-state index in [0.717, 1.165) is 24.3 Å². The molecule has 0 aliphatic rings. The maximum absolute atomic E-state index is 12.0. The smallest absolute Gasteiger partial charge is 0.269 e. The van der Waals surface area contributed by atoms with Crippen LogP contribution in [0.1, 0.15) is 30.8 Å². The number of anilines is 2. The Hall–Kier alpha value is -2.36. The fraction of sp³-hybridized carbons (Fsp3) is 0.294. The third kappa shape index (κ3) is 3.81. The van der Waals surface area contributed by atoms with Crippen molar-refractivity contribution in [3.8, 4) is 0 Å². The summed E-state index contributed by atoms with van der Waals surface area (Å²) in [6, 6.07) is 13.9. The summed E-state index contributed by atoms with van der Waals surface area (Å²) < 4.78 is 0. The number of hydrogen-bond acceptors (Lipinski definition) is 3. The SMILES string of the molecule is CCCNC(=O)c1cc(N(CC)c2ccccc2)ccn1. The largest absolute Gasteiger partial charge is 0.351 e. The summed E-state index contributed by atoms with van der Waals surface area (Å²) in [7, 11) is 0. The molecule has 0 fully saturated rings. The fourth-order valence-electron chi connectivity index (χ4n) is 2.16. The number of para-hydroxylation sites is 1. The third-order valence-electron chi connectivity index (χ3n) is 3.21. The van der Waals surface area contributed by atoms with Gasteiger partial charge in [0.25, 0.3) is 5.91 Å². The summed E-state index contributed by atoms with van der Waals surface area (Å²) in [6.07, 6.45) is 2.60. The second-order valence-electron chi connectivity index (χ2n) is 4.73. The maximum Gasteiger partial charge on any atom is 0.269 e. The van der Waals surface area contributed by atoms with Crippen molar-refractivity contribution >= 4 is 17.3 Å². The highest BCUT2D eigenvalue weighted by Gasteiger charge is 2.11. The predicted octanol–water partition coefficient (Wildman–Crippen LogP) is 3.38. The van der Waals surface area contributed by atoms with E-state index in [1.54, 1.807) is 6.20 Å². The van der Waals surface area contributed by atoms with Crippen molar-refractivity contribution in [2.75, 3.05) is 18.0 Å². The van der Waals surface area contributed by atoms with Crippen LogP contribution < -0.4 is 10.2 Å². The summed E-state index contributed by atoms with van der Waals surface area (Å²) in [4.78, 5) is 18.3. The van der Waals surface area contributed by atoms with Crippen LogP contribution in [0.4, 0.5) is 11.4 Å². The number of carbonyl (C=O) groups is 1. The van der Waals surface area contributed by atoms with Gasteiger partial charge in [0.15, 0.2) is 0 Å². The highest BCUT2D eigenvalue weighted by molar-refractivity contribution is 5.93. The molecule has 1 amide bonds. The maximum atomic E-state index is 12.0. The zero-order valence-corrected chi connectivity index (χ0v) is 12.5. The van der Waals surface area contributed by atoms with Crippen LogP contribution in [0.5, 0.6) is 0 Å². The van der Waals surface area contributed by atoms with Gasteiger partial charge in [-0.3, -0.25) is 9.78 Å². The third-order valence-corrected chi connectivity index (χ3v) is 3.21. The van der Waals surface area contributed by atoms with Crippen LogP contribution in [-0.4, -0.2) is 24.0 Å². The van der Waals surface area contributed by atoms with Crippen molar-refractivity contribution in [2.45, 2.75) is 20.3 Å². The van der Waals surface area contributed by atoms with Gasteiger partial charge in [0, 0.05) is 30.7 Å². The Labute approximate surface area is 125 Å². The van der Waals surface area contributed by atoms with Gasteiger partial charge in [-0.1, -0.05) is 25.1 Å². The molecular formula is C17H21N3O. The van der Waals surface area contributed by atoms with Crippen LogP contribution in [0.25, 0.3) is 0 Å². The molecule has 110 valence electrons. The van der Waals surface area contributed by atoms with Crippen LogP contribution in [0.2, 0.25) is 0 Å². The minimum Gasteiger partial charge on any atom is -0.351 e. The Morgan fingerprint density at radius 3 is 2.57 bits per heavy atom. The standard InChI is InChI=1S/C17H21N3O/c1-3-11-19-17(21)16-13-15(10-12-18-16)20(4-2)14-8-6-5-7-9-14/h5-10,12-13H,3-4,11H2,1-2H3,(H,19,21). The second kappa shape index (κ2) is 7.43. The van der Waals surface area contributed by atoms with Crippen molar-refractivity contribution in [1.82, 2.24) is 10.3 Å². The first-order chi connectivity index (χ1) is 10.3. The van der Waals surface area contributed by atoms with Crippen molar-refractivity contribution < 1.29 is 4.79 Å². The van der Waals surface area contributed by atoms with E-state index >= 15 is 0 Å². The topological polar surface area (TPSA) is 45.2 Å². The minimum atomic E-state index is -0.122. The van der Waals surface area contributed by atoms with Crippen LogP contribution in [-0.2, 0) is 0 Å². The second-order valence-corrected chi connectivity index (χ2v) is 4.73. The number of amides is 1. The molecule has 0 spiro atoms. The zero-order valence-electron chi connectivity index (χ0n) is 12.5. The molecule has 0 unspecified atom stereocenters. The number of nitrogens with one attached hydrogen (secondary N) is 1. The normalized spacial score (nSPS) is 10.2. The van der Waals surface area contributed by atoms with Crippen molar-refractivity contribution in [1.29, 1.82) is 0 Å². The van der Waals surface area contributed by atoms with E-state index in [1.807, 2.05) is 37.3 Å². The van der Waals surface area contributed by atoms with E-state index in [9.17, 15) is 4.79 Å². The summed E-state index contributed by atoms with van der Waals surface area (Å²) in [5.41, 5.74) is 2.53. The molecule has 1 N–H and O–H groups in total. The molecule has 0 saturated heterocycles. The van der Waals surface area contributed by atoms with Gasteiger partial charge in [-0.05, 0) is 37.6 Å². The van der Waals surface area contributed by atoms with Gasteiger partial charge in [-0.25, -0.2) is 0 Å². The van der Waals surface area contributed by atoms with Gasteiger partial charge in [0.1, 0.15) is 5.69 Å². The Kier molecular flexibility index (Phi) is 5.32. The number of rotatable bonds is 6. The molecule has 0 aliphatic heterocycles. The number of nitrogens with zero attached hydrogens (tertiary/aromatic N) is 2. The molecule has 4 nitrogen and oxygen atoms in total. The Morgan fingerprint density at radius 1 is 1.14 bits per heavy atom. The first-order valence-corrected chi connectivity index (χ1v) is 7.33. The Bertz CT molecular complexity index is 584. The van der Waals surface area contributed by atoms with E-state index in [0.29, 0.717) is 12.2 Å². The number of benzene rings is 1. The lowest BCUT2D eigenvalue weighted by molar-refractivity contribution is 0.0948. The summed E-state index contributed by atoms with van der Waals surface area (Å²) in [5, 5.41) is 2.85. The lowest BCUT2D eigenvalue weighted by Crippen LogP contribution is -2.25. The van der Waals surface area contributed by atoms with E-state index in [4.69, 9.17) is 0 Å². The van der Waals surface area contributed by atoms with Gasteiger partial charge < -0.3 is 10.2 Å². The monoisotopic (exact) mass is 283 g/mol. The summed E-state index contributed by atoms with van der Waals surface area (Å²) in [6.45, 7) is 5.60. The van der Waals surface area contributed by atoms with E-state index < -0.39 is 0 Å². The van der Waals surface area contributed by atoms with Crippen LogP contribution in [0.3, 0.4) is 0 Å². The van der Waals surface area contributed by atoms with E-state index in [1.165, 1.54) is 0 Å². The number of hydrogen-bond donors (Lipinski definition) is 1. The molecule has 2 aromatic rings. The fourth-order valence-corrected chi connectivity index (χ4v) is 2.16. The molecule has 1 aromatic heterocycles. The quantitative estimate of drug-likeness (QED) is 0.884. The summed E-state index contributed by atoms with van der Waals surface area (Å²) >= 11 is 0. The van der Waals surface area contributed by atoms with Crippen LogP contribution >= 0.6 is 0 Å². The molecule has 21 heavy (non-hydrogen) atoms. The minimum absolute atomic E-state index is 0.122. The lowest BCUT2D eigenvalue weighted by atomic mass is 10.2. The van der Waals surface area contributed by atoms with Gasteiger partial charge in [0.2, 0.25) is 0 Å². The first kappa shape index (κ1) is 15.0. The van der Waals surface area contributed by atoms with Crippen LogP contribution in [0, 0.1) is 0 Å². The Morgan fingerprint density at radius 2 is 1.90 bits per heavy atom. The predicted molar refractivity (Wildman–Crippen MR) is 86.0 cm³/mol. The van der Waals surface area contributed by atoms with Crippen molar-refractivity contribution in [2.24, 2.45) is 0 Å². The zero-order chi connectivity index (χ0) is 15.1. The molecule has 1 aromatic carbocycles. The van der Waals surface area contributed by atoms with Crippen molar-refractivity contribution in [3.63, 3.8) is 0 Å². The number of aromatic nitrogens is 1. The van der Waals surface area contributed by atoms with Crippen LogP contribution in [0.15, 0.2) is 48.7 Å². The number of carbonyl (C=O) groups excluding carboxylic acids is 1. The van der Waals surface area contributed by atoms with Gasteiger partial charge in [-0.15, -0.1) is 0 Å². The van der Waals surface area contributed by atoms with E-state index in [2.05, 4.69) is 34.3 Å². The average Bonchev–Trinajstić information content (AvgIpc) is 2.54. The number of pyridine rings is 1. The molecular weight excluding hydrogens is 262 g/mol. The highest BCUT2D eigenvalue weighted by atomic mass is 16.1.